The molecule has 12 heteroatoms. The van der Waals surface area contributed by atoms with Crippen molar-refractivity contribution in [2.75, 3.05) is 5.32 Å². The summed E-state index contributed by atoms with van der Waals surface area (Å²) in [6.07, 6.45) is -5.26. The van der Waals surface area contributed by atoms with Gasteiger partial charge in [0.05, 0.1) is 16.5 Å². The number of carboxylic acids is 1. The standard InChI is InChI=1S/C23H16Cl2F4N2O4/c24-16-9-14(10-17(25)21(16)15-3-1-2-4-19(15)35-23(27,28)29)31-22(34)30-11-13-6-5-12(7-18(13)26)8-20(32)33/h1-7,9-10H,8,11H2,(H,32,33)(H2,30,31,34). The summed E-state index contributed by atoms with van der Waals surface area (Å²) < 4.78 is 56.4. The monoisotopic (exact) mass is 530 g/mol. The summed E-state index contributed by atoms with van der Waals surface area (Å²) in [4.78, 5) is 23.0. The van der Waals surface area contributed by atoms with Crippen molar-refractivity contribution >= 4 is 40.9 Å². The average molecular weight is 531 g/mol. The quantitative estimate of drug-likeness (QED) is 0.298. The summed E-state index contributed by atoms with van der Waals surface area (Å²) in [6, 6.07) is 11.0. The van der Waals surface area contributed by atoms with Crippen LogP contribution in [0.5, 0.6) is 5.75 Å². The van der Waals surface area contributed by atoms with Gasteiger partial charge >= 0.3 is 18.4 Å². The van der Waals surface area contributed by atoms with E-state index in [0.717, 1.165) is 12.1 Å². The summed E-state index contributed by atoms with van der Waals surface area (Å²) in [5.74, 6) is -2.28. The molecule has 0 aromatic heterocycles. The number of halogens is 6. The van der Waals surface area contributed by atoms with Crippen molar-refractivity contribution in [3.63, 3.8) is 0 Å². The maximum absolute atomic E-state index is 14.1. The molecule has 0 radical (unpaired) electrons. The number of ether oxygens (including phenoxy) is 1. The largest absolute Gasteiger partial charge is 0.573 e. The molecule has 0 aliphatic rings. The molecule has 3 aromatic rings. The van der Waals surface area contributed by atoms with Gasteiger partial charge in [-0.25, -0.2) is 9.18 Å². The smallest absolute Gasteiger partial charge is 0.481 e. The number of hydrogen-bond donors (Lipinski definition) is 3. The number of hydrogen-bond acceptors (Lipinski definition) is 3. The van der Waals surface area contributed by atoms with Crippen LogP contribution in [0.1, 0.15) is 11.1 Å². The van der Waals surface area contributed by atoms with E-state index in [1.165, 1.54) is 42.5 Å². The first-order valence-electron chi connectivity index (χ1n) is 9.81. The number of carbonyl (C=O) groups is 2. The molecule has 0 heterocycles. The van der Waals surface area contributed by atoms with E-state index in [0.29, 0.717) is 0 Å². The number of carboxylic acid groups (broad SMARTS) is 1. The number of benzene rings is 3. The van der Waals surface area contributed by atoms with Gasteiger partial charge in [0.1, 0.15) is 11.6 Å². The van der Waals surface area contributed by atoms with Gasteiger partial charge in [0.15, 0.2) is 0 Å². The van der Waals surface area contributed by atoms with E-state index in [2.05, 4.69) is 15.4 Å². The lowest BCUT2D eigenvalue weighted by Gasteiger charge is -2.16. The van der Waals surface area contributed by atoms with Gasteiger partial charge in [0.2, 0.25) is 0 Å². The Hall–Kier alpha value is -3.50. The van der Waals surface area contributed by atoms with Crippen LogP contribution < -0.4 is 15.4 Å². The number of rotatable bonds is 7. The second-order valence-corrected chi connectivity index (χ2v) is 7.98. The van der Waals surface area contributed by atoms with Gasteiger partial charge in [0.25, 0.3) is 0 Å². The first-order valence-corrected chi connectivity index (χ1v) is 10.6. The molecule has 184 valence electrons. The minimum absolute atomic E-state index is 0.00218. The zero-order valence-electron chi connectivity index (χ0n) is 17.6. The average Bonchev–Trinajstić information content (AvgIpc) is 2.72. The van der Waals surface area contributed by atoms with Gasteiger partial charge in [-0.05, 0) is 29.8 Å². The van der Waals surface area contributed by atoms with Crippen LogP contribution >= 0.6 is 23.2 Å². The fraction of sp³-hybridized carbons (Fsp3) is 0.130. The van der Waals surface area contributed by atoms with Crippen LogP contribution in [0.4, 0.5) is 28.0 Å². The molecule has 0 fully saturated rings. The molecule has 35 heavy (non-hydrogen) atoms. The molecule has 3 rings (SSSR count). The molecule has 0 saturated carbocycles. The van der Waals surface area contributed by atoms with Crippen molar-refractivity contribution < 1.29 is 37.0 Å². The molecule has 3 aromatic carbocycles. The molecule has 0 aliphatic carbocycles. The van der Waals surface area contributed by atoms with E-state index in [4.69, 9.17) is 28.3 Å². The normalized spacial score (nSPS) is 11.1. The minimum atomic E-state index is -4.93. The summed E-state index contributed by atoms with van der Waals surface area (Å²) in [6.45, 7) is -0.202. The molecule has 0 atom stereocenters. The summed E-state index contributed by atoms with van der Waals surface area (Å²) in [5, 5.41) is 13.5. The summed E-state index contributed by atoms with van der Waals surface area (Å²) in [7, 11) is 0. The van der Waals surface area contributed by atoms with Gasteiger partial charge in [0, 0.05) is 28.9 Å². The van der Waals surface area contributed by atoms with Crippen molar-refractivity contribution in [1.82, 2.24) is 5.32 Å². The Morgan fingerprint density at radius 1 is 1.00 bits per heavy atom. The van der Waals surface area contributed by atoms with Crippen LogP contribution in [0, 0.1) is 5.82 Å². The van der Waals surface area contributed by atoms with Crippen LogP contribution in [0.15, 0.2) is 54.6 Å². The molecule has 6 nitrogen and oxygen atoms in total. The van der Waals surface area contributed by atoms with E-state index in [1.54, 1.807) is 0 Å². The molecule has 0 bridgehead atoms. The highest BCUT2D eigenvalue weighted by Crippen LogP contribution is 2.42. The summed E-state index contributed by atoms with van der Waals surface area (Å²) in [5.41, 5.74) is 0.602. The van der Waals surface area contributed by atoms with Gasteiger partial charge in [-0.15, -0.1) is 13.2 Å². The highest BCUT2D eigenvalue weighted by atomic mass is 35.5. The number of carbonyl (C=O) groups excluding carboxylic acids is 1. The third kappa shape index (κ3) is 7.24. The Labute approximate surface area is 206 Å². The molecule has 3 N–H and O–H groups in total. The molecular weight excluding hydrogens is 515 g/mol. The Morgan fingerprint density at radius 3 is 2.26 bits per heavy atom. The van der Waals surface area contributed by atoms with E-state index in [-0.39, 0.29) is 51.0 Å². The van der Waals surface area contributed by atoms with E-state index in [1.807, 2.05) is 0 Å². The highest BCUT2D eigenvalue weighted by Gasteiger charge is 2.32. The first kappa shape index (κ1) is 26.1. The topological polar surface area (TPSA) is 87.7 Å². The van der Waals surface area contributed by atoms with Crippen molar-refractivity contribution in [3.8, 4) is 16.9 Å². The molecule has 0 spiro atoms. The van der Waals surface area contributed by atoms with E-state index in [9.17, 15) is 27.2 Å². The predicted molar refractivity (Wildman–Crippen MR) is 122 cm³/mol. The molecule has 0 aliphatic heterocycles. The number of urea groups is 1. The lowest BCUT2D eigenvalue weighted by Crippen LogP contribution is -2.28. The number of alkyl halides is 3. The number of para-hydroxylation sites is 1. The first-order chi connectivity index (χ1) is 16.4. The van der Waals surface area contributed by atoms with Crippen molar-refractivity contribution in [2.24, 2.45) is 0 Å². The van der Waals surface area contributed by atoms with Crippen LogP contribution in [-0.4, -0.2) is 23.5 Å². The number of amides is 2. The Kier molecular flexibility index (Phi) is 8.08. The number of nitrogens with one attached hydrogen (secondary N) is 2. The van der Waals surface area contributed by atoms with E-state index < -0.39 is 29.9 Å². The lowest BCUT2D eigenvalue weighted by molar-refractivity contribution is -0.274. The number of aliphatic carboxylic acids is 1. The van der Waals surface area contributed by atoms with Crippen LogP contribution in [0.25, 0.3) is 11.1 Å². The van der Waals surface area contributed by atoms with Gasteiger partial charge in [-0.2, -0.15) is 0 Å². The maximum Gasteiger partial charge on any atom is 0.573 e. The van der Waals surface area contributed by atoms with Crippen LogP contribution in [-0.2, 0) is 17.8 Å². The fourth-order valence-electron chi connectivity index (χ4n) is 3.16. The Bertz CT molecular complexity index is 1250. The van der Waals surface area contributed by atoms with Crippen molar-refractivity contribution in [3.05, 3.63) is 81.6 Å². The second kappa shape index (κ2) is 10.8. The summed E-state index contributed by atoms with van der Waals surface area (Å²) >= 11 is 12.5. The van der Waals surface area contributed by atoms with Crippen LogP contribution in [0.3, 0.4) is 0 Å². The van der Waals surface area contributed by atoms with Crippen molar-refractivity contribution in [2.45, 2.75) is 19.3 Å². The Balaban J connectivity index is 1.72. The number of anilines is 1. The van der Waals surface area contributed by atoms with Crippen molar-refractivity contribution in [1.29, 1.82) is 0 Å². The third-order valence-corrected chi connectivity index (χ3v) is 5.19. The zero-order chi connectivity index (χ0) is 25.8. The Morgan fingerprint density at radius 2 is 1.66 bits per heavy atom. The maximum atomic E-state index is 14.1. The molecule has 2 amide bonds. The molecule has 0 unspecified atom stereocenters. The predicted octanol–water partition coefficient (Wildman–Crippen LogP) is 6.65. The van der Waals surface area contributed by atoms with Gasteiger partial charge in [-0.3, -0.25) is 4.79 Å². The highest BCUT2D eigenvalue weighted by molar-refractivity contribution is 6.40. The lowest BCUT2D eigenvalue weighted by atomic mass is 10.0. The van der Waals surface area contributed by atoms with Gasteiger partial charge in [-0.1, -0.05) is 53.5 Å². The van der Waals surface area contributed by atoms with E-state index >= 15 is 0 Å². The SMILES string of the molecule is O=C(O)Cc1ccc(CNC(=O)Nc2cc(Cl)c(-c3ccccc3OC(F)(F)F)c(Cl)c2)c(F)c1. The zero-order valence-corrected chi connectivity index (χ0v) is 19.1. The van der Waals surface area contributed by atoms with Gasteiger partial charge < -0.3 is 20.5 Å². The molecule has 0 saturated heterocycles. The van der Waals surface area contributed by atoms with Crippen LogP contribution in [0.2, 0.25) is 10.0 Å². The second-order valence-electron chi connectivity index (χ2n) is 7.16. The minimum Gasteiger partial charge on any atom is -0.481 e. The fourth-order valence-corrected chi connectivity index (χ4v) is 3.85. The molecular formula is C23H16Cl2F4N2O4. The third-order valence-electron chi connectivity index (χ3n) is 4.59.